The molecule has 3 nitrogen and oxygen atoms in total. The fourth-order valence-electron chi connectivity index (χ4n) is 2.04. The van der Waals surface area contributed by atoms with Crippen molar-refractivity contribution in [3.63, 3.8) is 0 Å². The summed E-state index contributed by atoms with van der Waals surface area (Å²) in [5.41, 5.74) is 1.90. The molecule has 1 fully saturated rings. The third-order valence-corrected chi connectivity index (χ3v) is 3.66. The molecule has 0 bridgehead atoms. The molecule has 14 heavy (non-hydrogen) atoms. The van der Waals surface area contributed by atoms with Crippen LogP contribution in [-0.2, 0) is 4.74 Å². The van der Waals surface area contributed by atoms with Crippen molar-refractivity contribution in [3.8, 4) is 0 Å². The number of hydrogen-bond donors (Lipinski definition) is 1. The Morgan fingerprint density at radius 3 is 2.93 bits per heavy atom. The molecule has 1 unspecified atom stereocenters. The molecule has 0 spiro atoms. The van der Waals surface area contributed by atoms with Gasteiger partial charge in [-0.15, -0.1) is 11.3 Å². The first-order valence-corrected chi connectivity index (χ1v) is 5.93. The third-order valence-electron chi connectivity index (χ3n) is 2.81. The minimum absolute atomic E-state index is 0.464. The van der Waals surface area contributed by atoms with Gasteiger partial charge in [-0.3, -0.25) is 4.98 Å². The van der Waals surface area contributed by atoms with Crippen molar-refractivity contribution in [1.29, 1.82) is 0 Å². The zero-order valence-electron chi connectivity index (χ0n) is 8.40. The molecule has 1 aliphatic rings. The summed E-state index contributed by atoms with van der Waals surface area (Å²) in [6.45, 7) is 1.81. The molecular weight excluding hydrogens is 196 g/mol. The lowest BCUT2D eigenvalue weighted by Crippen LogP contribution is -2.29. The smallest absolute Gasteiger partial charge is 0.0794 e. The zero-order valence-corrected chi connectivity index (χ0v) is 9.22. The molecule has 4 heteroatoms. The monoisotopic (exact) mass is 212 g/mol. The van der Waals surface area contributed by atoms with Gasteiger partial charge in [-0.25, -0.2) is 0 Å². The number of thiazole rings is 1. The van der Waals surface area contributed by atoms with Crippen LogP contribution in [0, 0.1) is 5.92 Å². The lowest BCUT2D eigenvalue weighted by molar-refractivity contribution is 0.0550. The van der Waals surface area contributed by atoms with E-state index in [1.165, 1.54) is 4.88 Å². The predicted molar refractivity (Wildman–Crippen MR) is 57.5 cm³/mol. The summed E-state index contributed by atoms with van der Waals surface area (Å²) in [5, 5.41) is 3.39. The van der Waals surface area contributed by atoms with E-state index in [0.717, 1.165) is 26.1 Å². The summed E-state index contributed by atoms with van der Waals surface area (Å²) in [6.07, 6.45) is 4.29. The van der Waals surface area contributed by atoms with E-state index in [1.807, 2.05) is 18.8 Å². The molecule has 1 aromatic heterocycles. The van der Waals surface area contributed by atoms with Crippen LogP contribution in [0.5, 0.6) is 0 Å². The first-order valence-electron chi connectivity index (χ1n) is 5.05. The molecular formula is C10H16N2OS. The highest BCUT2D eigenvalue weighted by Gasteiger charge is 2.24. The van der Waals surface area contributed by atoms with E-state index in [9.17, 15) is 0 Å². The minimum Gasteiger partial charge on any atom is -0.381 e. The maximum Gasteiger partial charge on any atom is 0.0794 e. The molecule has 1 atom stereocenters. The van der Waals surface area contributed by atoms with E-state index >= 15 is 0 Å². The van der Waals surface area contributed by atoms with E-state index < -0.39 is 0 Å². The second-order valence-electron chi connectivity index (χ2n) is 3.62. The highest BCUT2D eigenvalue weighted by atomic mass is 32.1. The summed E-state index contributed by atoms with van der Waals surface area (Å²) >= 11 is 1.73. The van der Waals surface area contributed by atoms with E-state index in [1.54, 1.807) is 11.3 Å². The van der Waals surface area contributed by atoms with Gasteiger partial charge in [0.1, 0.15) is 0 Å². The SMILES string of the molecule is CNC(c1cncs1)C1CCOCC1. The lowest BCUT2D eigenvalue weighted by Gasteiger charge is -2.29. The molecule has 78 valence electrons. The van der Waals surface area contributed by atoms with E-state index in [2.05, 4.69) is 10.3 Å². The average Bonchev–Trinajstić information content (AvgIpc) is 2.74. The van der Waals surface area contributed by atoms with Gasteiger partial charge >= 0.3 is 0 Å². The van der Waals surface area contributed by atoms with Crippen LogP contribution in [0.2, 0.25) is 0 Å². The van der Waals surface area contributed by atoms with E-state index in [-0.39, 0.29) is 0 Å². The van der Waals surface area contributed by atoms with Crippen LogP contribution >= 0.6 is 11.3 Å². The van der Waals surface area contributed by atoms with Gasteiger partial charge in [0.2, 0.25) is 0 Å². The van der Waals surface area contributed by atoms with Gasteiger partial charge in [0.05, 0.1) is 5.51 Å². The Labute approximate surface area is 88.5 Å². The minimum atomic E-state index is 0.464. The molecule has 1 saturated heterocycles. The van der Waals surface area contributed by atoms with Crippen LogP contribution in [0.3, 0.4) is 0 Å². The van der Waals surface area contributed by atoms with Gasteiger partial charge in [0, 0.05) is 30.3 Å². The Bertz CT molecular complexity index is 257. The van der Waals surface area contributed by atoms with Crippen LogP contribution in [0.25, 0.3) is 0 Å². The number of hydrogen-bond acceptors (Lipinski definition) is 4. The second-order valence-corrected chi connectivity index (χ2v) is 4.54. The first-order chi connectivity index (χ1) is 6.92. The normalized spacial score (nSPS) is 20.9. The largest absolute Gasteiger partial charge is 0.381 e. The zero-order chi connectivity index (χ0) is 9.80. The maximum atomic E-state index is 5.37. The summed E-state index contributed by atoms with van der Waals surface area (Å²) in [5.74, 6) is 0.703. The Morgan fingerprint density at radius 2 is 2.36 bits per heavy atom. The molecule has 1 N–H and O–H groups in total. The predicted octanol–water partition coefficient (Wildman–Crippen LogP) is 1.83. The average molecular weight is 212 g/mol. The van der Waals surface area contributed by atoms with E-state index in [0.29, 0.717) is 12.0 Å². The Morgan fingerprint density at radius 1 is 1.57 bits per heavy atom. The van der Waals surface area contributed by atoms with Gasteiger partial charge in [0.25, 0.3) is 0 Å². The molecule has 0 saturated carbocycles. The van der Waals surface area contributed by atoms with Gasteiger partial charge in [-0.1, -0.05) is 0 Å². The Balaban J connectivity index is 2.04. The van der Waals surface area contributed by atoms with E-state index in [4.69, 9.17) is 4.74 Å². The Kier molecular flexibility index (Phi) is 3.50. The number of nitrogens with zero attached hydrogens (tertiary/aromatic N) is 1. The van der Waals surface area contributed by atoms with Crippen LogP contribution < -0.4 is 5.32 Å². The summed E-state index contributed by atoms with van der Waals surface area (Å²) in [6, 6.07) is 0.464. The molecule has 0 amide bonds. The first kappa shape index (κ1) is 10.1. The lowest BCUT2D eigenvalue weighted by atomic mass is 9.91. The fraction of sp³-hybridized carbons (Fsp3) is 0.700. The molecule has 2 rings (SSSR count). The molecule has 1 aliphatic heterocycles. The number of nitrogens with one attached hydrogen (secondary N) is 1. The quantitative estimate of drug-likeness (QED) is 0.830. The fourth-order valence-corrected chi connectivity index (χ4v) is 2.86. The summed E-state index contributed by atoms with van der Waals surface area (Å²) in [7, 11) is 2.03. The maximum absolute atomic E-state index is 5.37. The van der Waals surface area contributed by atoms with Crippen molar-refractivity contribution in [2.24, 2.45) is 5.92 Å². The summed E-state index contributed by atoms with van der Waals surface area (Å²) < 4.78 is 5.37. The van der Waals surface area contributed by atoms with Crippen LogP contribution in [0.4, 0.5) is 0 Å². The third kappa shape index (κ3) is 2.13. The van der Waals surface area contributed by atoms with Crippen LogP contribution in [0.15, 0.2) is 11.7 Å². The highest BCUT2D eigenvalue weighted by Crippen LogP contribution is 2.31. The van der Waals surface area contributed by atoms with Crippen LogP contribution in [0.1, 0.15) is 23.8 Å². The number of ether oxygens (including phenoxy) is 1. The molecule has 0 aliphatic carbocycles. The molecule has 2 heterocycles. The van der Waals surface area contributed by atoms with Gasteiger partial charge in [-0.2, -0.15) is 0 Å². The highest BCUT2D eigenvalue weighted by molar-refractivity contribution is 7.09. The topological polar surface area (TPSA) is 34.2 Å². The van der Waals surface area contributed by atoms with Crippen molar-refractivity contribution in [3.05, 3.63) is 16.6 Å². The van der Waals surface area contributed by atoms with Crippen molar-refractivity contribution in [2.45, 2.75) is 18.9 Å². The standard InChI is InChI=1S/C10H16N2OS/c1-11-10(9-6-12-7-14-9)8-2-4-13-5-3-8/h6-8,10-11H,2-5H2,1H3. The van der Waals surface area contributed by atoms with Crippen molar-refractivity contribution in [2.75, 3.05) is 20.3 Å². The molecule has 1 aromatic rings. The molecule has 0 radical (unpaired) electrons. The Hall–Kier alpha value is -0.450. The second kappa shape index (κ2) is 4.87. The number of aromatic nitrogens is 1. The molecule has 0 aromatic carbocycles. The van der Waals surface area contributed by atoms with Gasteiger partial charge < -0.3 is 10.1 Å². The van der Waals surface area contributed by atoms with Gasteiger partial charge in [-0.05, 0) is 25.8 Å². The van der Waals surface area contributed by atoms with Crippen molar-refractivity contribution < 1.29 is 4.74 Å². The number of rotatable bonds is 3. The summed E-state index contributed by atoms with van der Waals surface area (Å²) in [4.78, 5) is 5.48. The van der Waals surface area contributed by atoms with Crippen molar-refractivity contribution >= 4 is 11.3 Å². The van der Waals surface area contributed by atoms with Crippen molar-refractivity contribution in [1.82, 2.24) is 10.3 Å². The van der Waals surface area contributed by atoms with Crippen LogP contribution in [-0.4, -0.2) is 25.2 Å². The van der Waals surface area contributed by atoms with Gasteiger partial charge in [0.15, 0.2) is 0 Å².